The molecule has 0 radical (unpaired) electrons. The highest BCUT2D eigenvalue weighted by Gasteiger charge is 2.11. The van der Waals surface area contributed by atoms with Crippen LogP contribution in [0.2, 0.25) is 0 Å². The number of carbonyl (C=O) groups is 1. The second-order valence-corrected chi connectivity index (χ2v) is 4.51. The summed E-state index contributed by atoms with van der Waals surface area (Å²) in [5.41, 5.74) is 7.23. The predicted molar refractivity (Wildman–Crippen MR) is 74.8 cm³/mol. The number of aromatic nitrogens is 2. The number of nitrogens with one attached hydrogen (secondary N) is 1. The zero-order valence-corrected chi connectivity index (χ0v) is 11.0. The van der Waals surface area contributed by atoms with Crippen LogP contribution >= 0.6 is 0 Å². The Hall–Kier alpha value is -2.01. The Morgan fingerprint density at radius 3 is 3.05 bits per heavy atom. The Bertz CT molecular complexity index is 565. The number of hydrogen-bond acceptors (Lipinski definition) is 4. The maximum absolute atomic E-state index is 12.1. The monoisotopic (exact) mass is 258 g/mol. The molecule has 0 aliphatic carbocycles. The molecule has 2 heterocycles. The van der Waals surface area contributed by atoms with Crippen LogP contribution in [0.15, 0.2) is 30.7 Å². The molecule has 0 aromatic carbocycles. The lowest BCUT2D eigenvalue weighted by atomic mass is 10.1. The van der Waals surface area contributed by atoms with Crippen molar-refractivity contribution in [2.75, 3.05) is 6.54 Å². The van der Waals surface area contributed by atoms with Crippen molar-refractivity contribution in [3.05, 3.63) is 36.3 Å². The Kier molecular flexibility index (Phi) is 4.41. The summed E-state index contributed by atoms with van der Waals surface area (Å²) in [7, 11) is 0. The third-order valence-electron chi connectivity index (χ3n) is 2.97. The molecule has 2 rings (SSSR count). The van der Waals surface area contributed by atoms with E-state index in [0.29, 0.717) is 12.1 Å². The van der Waals surface area contributed by atoms with Crippen molar-refractivity contribution >= 4 is 16.8 Å². The molecule has 100 valence electrons. The number of amides is 1. The van der Waals surface area contributed by atoms with Crippen molar-refractivity contribution in [2.24, 2.45) is 5.73 Å². The summed E-state index contributed by atoms with van der Waals surface area (Å²) >= 11 is 0. The van der Waals surface area contributed by atoms with Crippen LogP contribution in [0.5, 0.6) is 0 Å². The highest BCUT2D eigenvalue weighted by Crippen LogP contribution is 2.14. The summed E-state index contributed by atoms with van der Waals surface area (Å²) in [6, 6.07) is 3.49. The molecule has 5 heteroatoms. The molecule has 0 spiro atoms. The van der Waals surface area contributed by atoms with Crippen molar-refractivity contribution in [3.8, 4) is 0 Å². The molecule has 3 N–H and O–H groups in total. The normalized spacial score (nSPS) is 12.3. The predicted octanol–water partition coefficient (Wildman–Crippen LogP) is 1.49. The highest BCUT2D eigenvalue weighted by molar-refractivity contribution is 6.05. The second kappa shape index (κ2) is 6.24. The van der Waals surface area contributed by atoms with E-state index in [4.69, 9.17) is 5.73 Å². The summed E-state index contributed by atoms with van der Waals surface area (Å²) in [5.74, 6) is -0.132. The summed E-state index contributed by atoms with van der Waals surface area (Å²) in [6.07, 6.45) is 6.86. The third kappa shape index (κ3) is 3.26. The second-order valence-electron chi connectivity index (χ2n) is 4.51. The first kappa shape index (κ1) is 13.4. The quantitative estimate of drug-likeness (QED) is 0.851. The van der Waals surface area contributed by atoms with Crippen molar-refractivity contribution < 1.29 is 4.79 Å². The van der Waals surface area contributed by atoms with E-state index in [1.165, 1.54) is 0 Å². The van der Waals surface area contributed by atoms with E-state index in [0.717, 1.165) is 23.7 Å². The van der Waals surface area contributed by atoms with Gasteiger partial charge in [-0.05, 0) is 18.6 Å². The van der Waals surface area contributed by atoms with Crippen molar-refractivity contribution in [1.82, 2.24) is 15.3 Å². The number of hydrogen-bond donors (Lipinski definition) is 2. The van der Waals surface area contributed by atoms with Gasteiger partial charge in [-0.25, -0.2) is 0 Å². The lowest BCUT2D eigenvalue weighted by molar-refractivity contribution is 0.0952. The van der Waals surface area contributed by atoms with Gasteiger partial charge < -0.3 is 11.1 Å². The summed E-state index contributed by atoms with van der Waals surface area (Å²) < 4.78 is 0. The molecular weight excluding hydrogens is 240 g/mol. The van der Waals surface area contributed by atoms with E-state index in [1.54, 1.807) is 30.7 Å². The van der Waals surface area contributed by atoms with E-state index in [-0.39, 0.29) is 11.9 Å². The van der Waals surface area contributed by atoms with E-state index in [2.05, 4.69) is 22.2 Å². The fraction of sp³-hybridized carbons (Fsp3) is 0.357. The molecule has 0 aliphatic rings. The minimum atomic E-state index is -0.132. The Balaban J connectivity index is 2.13. The molecule has 1 atom stereocenters. The Labute approximate surface area is 112 Å². The van der Waals surface area contributed by atoms with Crippen LogP contribution in [0.1, 0.15) is 30.1 Å². The number of fused-ring (bicyclic) bond motifs is 1. The summed E-state index contributed by atoms with van der Waals surface area (Å²) in [5, 5.41) is 3.61. The molecule has 1 unspecified atom stereocenters. The first-order valence-electron chi connectivity index (χ1n) is 6.45. The zero-order valence-electron chi connectivity index (χ0n) is 11.0. The minimum Gasteiger partial charge on any atom is -0.350 e. The number of nitrogens with two attached hydrogens (primary N) is 1. The van der Waals surface area contributed by atoms with E-state index >= 15 is 0 Å². The molecule has 2 aromatic rings. The van der Waals surface area contributed by atoms with Crippen LogP contribution in [-0.2, 0) is 0 Å². The van der Waals surface area contributed by atoms with Crippen LogP contribution in [0, 0.1) is 0 Å². The molecule has 0 aliphatic heterocycles. The molecule has 19 heavy (non-hydrogen) atoms. The largest absolute Gasteiger partial charge is 0.350 e. The topological polar surface area (TPSA) is 80.9 Å². The lowest BCUT2D eigenvalue weighted by Crippen LogP contribution is -2.37. The zero-order chi connectivity index (χ0) is 13.7. The maximum atomic E-state index is 12.1. The smallest absolute Gasteiger partial charge is 0.252 e. The van der Waals surface area contributed by atoms with Gasteiger partial charge in [0.2, 0.25) is 0 Å². The van der Waals surface area contributed by atoms with Gasteiger partial charge in [-0.15, -0.1) is 0 Å². The van der Waals surface area contributed by atoms with Gasteiger partial charge >= 0.3 is 0 Å². The Morgan fingerprint density at radius 2 is 2.26 bits per heavy atom. The van der Waals surface area contributed by atoms with Crippen LogP contribution < -0.4 is 11.1 Å². The van der Waals surface area contributed by atoms with E-state index in [1.807, 2.05) is 0 Å². The average molecular weight is 258 g/mol. The molecule has 0 saturated carbocycles. The average Bonchev–Trinajstić information content (AvgIpc) is 2.44. The van der Waals surface area contributed by atoms with Crippen LogP contribution in [0.25, 0.3) is 10.9 Å². The van der Waals surface area contributed by atoms with Crippen LogP contribution in [0.3, 0.4) is 0 Å². The molecule has 2 aromatic heterocycles. The first-order valence-corrected chi connectivity index (χ1v) is 6.45. The van der Waals surface area contributed by atoms with Crippen molar-refractivity contribution in [2.45, 2.75) is 25.8 Å². The number of pyridine rings is 2. The van der Waals surface area contributed by atoms with E-state index < -0.39 is 0 Å². The fourth-order valence-corrected chi connectivity index (χ4v) is 1.98. The van der Waals surface area contributed by atoms with Crippen molar-refractivity contribution in [1.29, 1.82) is 0 Å². The SMILES string of the molecule is CCCC(N)CNC(=O)c1ccnc2ccncc12. The number of carbonyl (C=O) groups excluding carboxylic acids is 1. The van der Waals surface area contributed by atoms with E-state index in [9.17, 15) is 4.79 Å². The maximum Gasteiger partial charge on any atom is 0.252 e. The third-order valence-corrected chi connectivity index (χ3v) is 2.97. The Morgan fingerprint density at radius 1 is 1.42 bits per heavy atom. The van der Waals surface area contributed by atoms with Gasteiger partial charge in [0, 0.05) is 36.6 Å². The molecule has 0 fully saturated rings. The number of nitrogens with zero attached hydrogens (tertiary/aromatic N) is 2. The highest BCUT2D eigenvalue weighted by atomic mass is 16.1. The van der Waals surface area contributed by atoms with Gasteiger partial charge in [0.25, 0.3) is 5.91 Å². The van der Waals surface area contributed by atoms with Gasteiger partial charge in [0.05, 0.1) is 11.1 Å². The van der Waals surface area contributed by atoms with Crippen LogP contribution in [-0.4, -0.2) is 28.5 Å². The first-order chi connectivity index (χ1) is 9.22. The molecule has 0 bridgehead atoms. The van der Waals surface area contributed by atoms with Gasteiger partial charge in [-0.2, -0.15) is 0 Å². The van der Waals surface area contributed by atoms with Gasteiger partial charge in [-0.3, -0.25) is 14.8 Å². The summed E-state index contributed by atoms with van der Waals surface area (Å²) in [4.78, 5) is 20.4. The molecular formula is C14H18N4O. The van der Waals surface area contributed by atoms with Crippen molar-refractivity contribution in [3.63, 3.8) is 0 Å². The summed E-state index contributed by atoms with van der Waals surface area (Å²) in [6.45, 7) is 2.56. The van der Waals surface area contributed by atoms with Gasteiger partial charge in [0.1, 0.15) is 0 Å². The molecule has 1 amide bonds. The van der Waals surface area contributed by atoms with Gasteiger partial charge in [-0.1, -0.05) is 13.3 Å². The molecule has 5 nitrogen and oxygen atoms in total. The standard InChI is InChI=1S/C14H18N4O/c1-2-3-10(15)8-18-14(19)11-4-7-17-13-5-6-16-9-12(11)13/h4-7,9-10H,2-3,8,15H2,1H3,(H,18,19). The van der Waals surface area contributed by atoms with Crippen LogP contribution in [0.4, 0.5) is 0 Å². The minimum absolute atomic E-state index is 0.000163. The lowest BCUT2D eigenvalue weighted by Gasteiger charge is -2.12. The van der Waals surface area contributed by atoms with Gasteiger partial charge in [0.15, 0.2) is 0 Å². The molecule has 0 saturated heterocycles. The number of rotatable bonds is 5. The fourth-order valence-electron chi connectivity index (χ4n) is 1.98.